The molecule has 0 saturated carbocycles. The van der Waals surface area contributed by atoms with E-state index in [0.717, 1.165) is 11.3 Å². The first kappa shape index (κ1) is 9.53. The van der Waals surface area contributed by atoms with Gasteiger partial charge < -0.3 is 10.4 Å². The maximum atomic E-state index is 10.6. The lowest BCUT2D eigenvalue weighted by Gasteiger charge is -2.06. The van der Waals surface area contributed by atoms with E-state index in [-0.39, 0.29) is 12.3 Å². The zero-order valence-corrected chi connectivity index (χ0v) is 8.03. The van der Waals surface area contributed by atoms with E-state index in [9.17, 15) is 4.79 Å². The van der Waals surface area contributed by atoms with Crippen molar-refractivity contribution >= 4 is 11.7 Å². The summed E-state index contributed by atoms with van der Waals surface area (Å²) < 4.78 is 0. The number of benzene rings is 1. The van der Waals surface area contributed by atoms with Gasteiger partial charge in [0.25, 0.3) is 0 Å². The Morgan fingerprint density at radius 2 is 2.47 bits per heavy atom. The number of nitrogens with one attached hydrogen (secondary N) is 1. The molecule has 1 aliphatic heterocycles. The molecule has 0 saturated heterocycles. The van der Waals surface area contributed by atoms with E-state index in [1.54, 1.807) is 12.1 Å². The largest absolute Gasteiger partial charge is 0.481 e. The Balaban J connectivity index is 2.32. The molecule has 0 unspecified atom stereocenters. The van der Waals surface area contributed by atoms with Gasteiger partial charge in [0, 0.05) is 18.2 Å². The number of anilines is 1. The van der Waals surface area contributed by atoms with Gasteiger partial charge in [0.1, 0.15) is 0 Å². The van der Waals surface area contributed by atoms with Crippen molar-refractivity contribution in [3.05, 3.63) is 29.3 Å². The topological polar surface area (TPSA) is 73.1 Å². The van der Waals surface area contributed by atoms with Gasteiger partial charge in [-0.1, -0.05) is 0 Å². The van der Waals surface area contributed by atoms with Gasteiger partial charge in [-0.15, -0.1) is 0 Å². The molecule has 0 spiro atoms. The summed E-state index contributed by atoms with van der Waals surface area (Å²) in [5.41, 5.74) is 2.46. The van der Waals surface area contributed by atoms with E-state index in [0.29, 0.717) is 12.1 Å². The molecule has 2 N–H and O–H groups in total. The van der Waals surface area contributed by atoms with Gasteiger partial charge in [-0.3, -0.25) is 4.79 Å². The predicted molar refractivity (Wildman–Crippen MR) is 54.6 cm³/mol. The first-order chi connectivity index (χ1) is 7.20. The number of carboxylic acid groups (broad SMARTS) is 1. The number of carboxylic acids is 1. The monoisotopic (exact) mass is 202 g/mol. The summed E-state index contributed by atoms with van der Waals surface area (Å²) in [6.07, 6.45) is 0.106. The summed E-state index contributed by atoms with van der Waals surface area (Å²) in [4.78, 5) is 10.6. The Bertz CT molecular complexity index is 448. The standard InChI is InChI=1S/C11H10N2O2/c12-5-7-1-2-10-9(3-7)8(6-13-10)4-11(14)15/h1-3,8,13H,4,6H2,(H,14,15)/t8-/m0/s1. The highest BCUT2D eigenvalue weighted by Crippen LogP contribution is 2.34. The Morgan fingerprint density at radius 1 is 1.67 bits per heavy atom. The fourth-order valence-electron chi connectivity index (χ4n) is 1.87. The molecule has 0 bridgehead atoms. The maximum absolute atomic E-state index is 10.6. The van der Waals surface area contributed by atoms with Crippen molar-refractivity contribution in [1.29, 1.82) is 5.26 Å². The number of hydrogen-bond donors (Lipinski definition) is 2. The fraction of sp³-hybridized carbons (Fsp3) is 0.273. The normalized spacial score (nSPS) is 17.7. The average Bonchev–Trinajstić information content (AvgIpc) is 2.60. The van der Waals surface area contributed by atoms with Crippen LogP contribution in [0.25, 0.3) is 0 Å². The smallest absolute Gasteiger partial charge is 0.304 e. The number of rotatable bonds is 2. The molecule has 4 nitrogen and oxygen atoms in total. The molecule has 1 heterocycles. The van der Waals surface area contributed by atoms with Crippen LogP contribution in [0.3, 0.4) is 0 Å². The van der Waals surface area contributed by atoms with Crippen LogP contribution in [0.2, 0.25) is 0 Å². The second-order valence-corrected chi connectivity index (χ2v) is 3.59. The minimum Gasteiger partial charge on any atom is -0.481 e. The molecule has 1 aromatic carbocycles. The summed E-state index contributed by atoms with van der Waals surface area (Å²) >= 11 is 0. The van der Waals surface area contributed by atoms with Gasteiger partial charge in [-0.2, -0.15) is 5.26 Å². The van der Waals surface area contributed by atoms with Crippen LogP contribution in [0.4, 0.5) is 5.69 Å². The Labute approximate surface area is 87.1 Å². The van der Waals surface area contributed by atoms with Gasteiger partial charge in [-0.05, 0) is 23.8 Å². The SMILES string of the molecule is N#Cc1ccc2c(c1)[C@@H](CC(=O)O)CN2. The molecule has 1 atom stereocenters. The van der Waals surface area contributed by atoms with Crippen LogP contribution in [0, 0.1) is 11.3 Å². The number of fused-ring (bicyclic) bond motifs is 1. The van der Waals surface area contributed by atoms with Crippen molar-refractivity contribution in [1.82, 2.24) is 0 Å². The fourth-order valence-corrected chi connectivity index (χ4v) is 1.87. The van der Waals surface area contributed by atoms with Gasteiger partial charge in [0.05, 0.1) is 18.1 Å². The van der Waals surface area contributed by atoms with Gasteiger partial charge in [0.2, 0.25) is 0 Å². The minimum absolute atomic E-state index is 0.0224. The summed E-state index contributed by atoms with van der Waals surface area (Å²) in [5.74, 6) is -0.831. The first-order valence-electron chi connectivity index (χ1n) is 4.70. The maximum Gasteiger partial charge on any atom is 0.304 e. The van der Waals surface area contributed by atoms with E-state index in [1.807, 2.05) is 6.07 Å². The lowest BCUT2D eigenvalue weighted by atomic mass is 9.96. The molecule has 76 valence electrons. The van der Waals surface area contributed by atoms with Gasteiger partial charge in [0.15, 0.2) is 0 Å². The second-order valence-electron chi connectivity index (χ2n) is 3.59. The highest BCUT2D eigenvalue weighted by molar-refractivity contribution is 5.71. The molecular weight excluding hydrogens is 192 g/mol. The molecule has 15 heavy (non-hydrogen) atoms. The van der Waals surface area contributed by atoms with Crippen LogP contribution in [-0.2, 0) is 4.79 Å². The highest BCUT2D eigenvalue weighted by Gasteiger charge is 2.24. The average molecular weight is 202 g/mol. The highest BCUT2D eigenvalue weighted by atomic mass is 16.4. The number of carbonyl (C=O) groups is 1. The summed E-state index contributed by atoms with van der Waals surface area (Å²) in [6, 6.07) is 7.38. The van der Waals surface area contributed by atoms with Gasteiger partial charge >= 0.3 is 5.97 Å². The van der Waals surface area contributed by atoms with Crippen LogP contribution in [0.5, 0.6) is 0 Å². The summed E-state index contributed by atoms with van der Waals surface area (Å²) in [7, 11) is 0. The molecule has 0 radical (unpaired) electrons. The molecule has 4 heteroatoms. The lowest BCUT2D eigenvalue weighted by Crippen LogP contribution is -2.08. The molecule has 0 amide bonds. The zero-order chi connectivity index (χ0) is 10.8. The van der Waals surface area contributed by atoms with Crippen LogP contribution in [0.15, 0.2) is 18.2 Å². The molecule has 1 aliphatic rings. The predicted octanol–water partition coefficient (Wildman–Crippen LogP) is 1.54. The molecular formula is C11H10N2O2. The van der Waals surface area contributed by atoms with E-state index in [1.165, 1.54) is 0 Å². The van der Waals surface area contributed by atoms with Crippen molar-refractivity contribution in [3.63, 3.8) is 0 Å². The molecule has 2 rings (SSSR count). The van der Waals surface area contributed by atoms with E-state index >= 15 is 0 Å². The van der Waals surface area contributed by atoms with E-state index < -0.39 is 5.97 Å². The van der Waals surface area contributed by atoms with Crippen molar-refractivity contribution in [2.24, 2.45) is 0 Å². The molecule has 1 aromatic rings. The van der Waals surface area contributed by atoms with Crippen LogP contribution in [0.1, 0.15) is 23.5 Å². The van der Waals surface area contributed by atoms with Crippen molar-refractivity contribution in [3.8, 4) is 6.07 Å². The zero-order valence-electron chi connectivity index (χ0n) is 8.03. The van der Waals surface area contributed by atoms with Crippen molar-refractivity contribution < 1.29 is 9.90 Å². The van der Waals surface area contributed by atoms with Crippen molar-refractivity contribution in [2.75, 3.05) is 11.9 Å². The number of nitrogens with zero attached hydrogens (tertiary/aromatic N) is 1. The third kappa shape index (κ3) is 1.77. The summed E-state index contributed by atoms with van der Waals surface area (Å²) in [6.45, 7) is 0.635. The molecule has 0 aliphatic carbocycles. The lowest BCUT2D eigenvalue weighted by molar-refractivity contribution is -0.137. The number of nitriles is 1. The number of hydrogen-bond acceptors (Lipinski definition) is 3. The van der Waals surface area contributed by atoms with Crippen LogP contribution < -0.4 is 5.32 Å². The second kappa shape index (κ2) is 3.62. The molecule has 0 aromatic heterocycles. The minimum atomic E-state index is -0.808. The van der Waals surface area contributed by atoms with E-state index in [2.05, 4.69) is 11.4 Å². The van der Waals surface area contributed by atoms with Crippen molar-refractivity contribution in [2.45, 2.75) is 12.3 Å². The summed E-state index contributed by atoms with van der Waals surface area (Å²) in [5, 5.41) is 20.6. The number of aliphatic carboxylic acids is 1. The Kier molecular flexibility index (Phi) is 2.30. The molecule has 0 fully saturated rings. The van der Waals surface area contributed by atoms with E-state index in [4.69, 9.17) is 10.4 Å². The van der Waals surface area contributed by atoms with Crippen LogP contribution in [-0.4, -0.2) is 17.6 Å². The Morgan fingerprint density at radius 3 is 3.13 bits per heavy atom. The third-order valence-corrected chi connectivity index (χ3v) is 2.58. The Hall–Kier alpha value is -2.02. The quantitative estimate of drug-likeness (QED) is 0.763. The first-order valence-corrected chi connectivity index (χ1v) is 4.70. The van der Waals surface area contributed by atoms with Crippen LogP contribution >= 0.6 is 0 Å². The van der Waals surface area contributed by atoms with Gasteiger partial charge in [-0.25, -0.2) is 0 Å². The third-order valence-electron chi connectivity index (χ3n) is 2.58.